The fraction of sp³-hybridized carbons (Fsp3) is 0.333. The van der Waals surface area contributed by atoms with Gasteiger partial charge in [-0.05, 0) is 31.0 Å². The first kappa shape index (κ1) is 15.3. The van der Waals surface area contributed by atoms with Gasteiger partial charge in [-0.1, -0.05) is 32.4 Å². The van der Waals surface area contributed by atoms with Crippen LogP contribution in [0.25, 0.3) is 11.0 Å². The van der Waals surface area contributed by atoms with Crippen LogP contribution in [0, 0.1) is 12.8 Å². The molecule has 1 amide bonds. The molecule has 0 saturated carbocycles. The molecule has 2 heterocycles. The molecule has 0 aliphatic rings. The molecule has 2 unspecified atom stereocenters. The Labute approximate surface area is 135 Å². The summed E-state index contributed by atoms with van der Waals surface area (Å²) in [5.41, 5.74) is 2.70. The maximum absolute atomic E-state index is 12.5. The highest BCUT2D eigenvalue weighted by Crippen LogP contribution is 2.25. The van der Waals surface area contributed by atoms with Gasteiger partial charge in [-0.2, -0.15) is 0 Å². The second-order valence-electron chi connectivity index (χ2n) is 5.91. The summed E-state index contributed by atoms with van der Waals surface area (Å²) in [6, 6.07) is 9.46. The first-order valence-corrected chi connectivity index (χ1v) is 7.89. The number of nitrogens with zero attached hydrogens (tertiary/aromatic N) is 1. The van der Waals surface area contributed by atoms with Crippen LogP contribution in [-0.2, 0) is 0 Å². The van der Waals surface area contributed by atoms with Gasteiger partial charge in [0.1, 0.15) is 5.82 Å². The number of para-hydroxylation sites is 2. The molecular formula is C18H21N3O2. The summed E-state index contributed by atoms with van der Waals surface area (Å²) < 4.78 is 5.29. The number of aromatic nitrogens is 2. The standard InChI is InChI=1S/C18H21N3O2/c1-4-11(2)15(21-18(22)16-12(3)9-10-23-16)17-19-13-7-5-6-8-14(13)20-17/h5-11,15H,4H2,1-3H3,(H,19,20)(H,21,22). The maximum Gasteiger partial charge on any atom is 0.287 e. The van der Waals surface area contributed by atoms with Crippen molar-refractivity contribution in [1.82, 2.24) is 15.3 Å². The van der Waals surface area contributed by atoms with Crippen molar-refractivity contribution in [2.45, 2.75) is 33.2 Å². The van der Waals surface area contributed by atoms with Crippen molar-refractivity contribution < 1.29 is 9.21 Å². The van der Waals surface area contributed by atoms with Gasteiger partial charge < -0.3 is 14.7 Å². The summed E-state index contributed by atoms with van der Waals surface area (Å²) in [5, 5.41) is 3.06. The molecule has 0 aliphatic carbocycles. The first-order chi connectivity index (χ1) is 11.1. The molecule has 5 nitrogen and oxygen atoms in total. The number of hydrogen-bond donors (Lipinski definition) is 2. The molecule has 3 aromatic rings. The Morgan fingerprint density at radius 2 is 2.13 bits per heavy atom. The lowest BCUT2D eigenvalue weighted by Gasteiger charge is -2.22. The predicted octanol–water partition coefficient (Wildman–Crippen LogP) is 3.98. The minimum atomic E-state index is -0.210. The van der Waals surface area contributed by atoms with E-state index in [0.29, 0.717) is 5.76 Å². The highest BCUT2D eigenvalue weighted by Gasteiger charge is 2.25. The number of rotatable bonds is 5. The van der Waals surface area contributed by atoms with Crippen molar-refractivity contribution in [3.63, 3.8) is 0 Å². The van der Waals surface area contributed by atoms with E-state index in [0.717, 1.165) is 28.8 Å². The largest absolute Gasteiger partial charge is 0.459 e. The number of aryl methyl sites for hydroxylation is 1. The smallest absolute Gasteiger partial charge is 0.287 e. The summed E-state index contributed by atoms with van der Waals surface area (Å²) in [6.45, 7) is 6.07. The highest BCUT2D eigenvalue weighted by atomic mass is 16.3. The van der Waals surface area contributed by atoms with Gasteiger partial charge in [0.05, 0.1) is 23.3 Å². The number of amides is 1. The van der Waals surface area contributed by atoms with Crippen LogP contribution in [0.4, 0.5) is 0 Å². The van der Waals surface area contributed by atoms with Gasteiger partial charge in [0.25, 0.3) is 5.91 Å². The second-order valence-corrected chi connectivity index (χ2v) is 5.91. The molecule has 120 valence electrons. The Kier molecular flexibility index (Phi) is 4.19. The average molecular weight is 311 g/mol. The number of carbonyl (C=O) groups is 1. The molecule has 5 heteroatoms. The molecule has 2 N–H and O–H groups in total. The molecule has 23 heavy (non-hydrogen) atoms. The fourth-order valence-electron chi connectivity index (χ4n) is 2.65. The van der Waals surface area contributed by atoms with E-state index < -0.39 is 0 Å². The van der Waals surface area contributed by atoms with Gasteiger partial charge in [-0.25, -0.2) is 4.98 Å². The van der Waals surface area contributed by atoms with Gasteiger partial charge in [-0.15, -0.1) is 0 Å². The number of imidazole rings is 1. The van der Waals surface area contributed by atoms with Crippen LogP contribution < -0.4 is 5.32 Å². The zero-order valence-electron chi connectivity index (χ0n) is 13.6. The molecule has 0 bridgehead atoms. The third-order valence-corrected chi connectivity index (χ3v) is 4.27. The molecule has 2 atom stereocenters. The van der Waals surface area contributed by atoms with Gasteiger partial charge in [0.2, 0.25) is 0 Å². The molecule has 0 radical (unpaired) electrons. The van der Waals surface area contributed by atoms with E-state index in [-0.39, 0.29) is 17.9 Å². The number of carbonyl (C=O) groups excluding carboxylic acids is 1. The number of H-pyrrole nitrogens is 1. The molecule has 2 aromatic heterocycles. The zero-order chi connectivity index (χ0) is 16.4. The highest BCUT2D eigenvalue weighted by molar-refractivity contribution is 5.93. The van der Waals surface area contributed by atoms with Crippen LogP contribution >= 0.6 is 0 Å². The Hall–Kier alpha value is -2.56. The number of fused-ring (bicyclic) bond motifs is 1. The van der Waals surface area contributed by atoms with E-state index in [9.17, 15) is 4.79 Å². The van der Waals surface area contributed by atoms with Crippen molar-refractivity contribution in [2.24, 2.45) is 5.92 Å². The van der Waals surface area contributed by atoms with Crippen molar-refractivity contribution >= 4 is 16.9 Å². The fourth-order valence-corrected chi connectivity index (χ4v) is 2.65. The average Bonchev–Trinajstić information content (AvgIpc) is 3.17. The summed E-state index contributed by atoms with van der Waals surface area (Å²) >= 11 is 0. The first-order valence-electron chi connectivity index (χ1n) is 7.89. The molecule has 1 aromatic carbocycles. The summed E-state index contributed by atoms with van der Waals surface area (Å²) in [7, 11) is 0. The minimum absolute atomic E-state index is 0.190. The van der Waals surface area contributed by atoms with Gasteiger partial charge in [-0.3, -0.25) is 4.79 Å². The molecule has 0 aliphatic heterocycles. The van der Waals surface area contributed by atoms with Crippen LogP contribution in [0.5, 0.6) is 0 Å². The van der Waals surface area contributed by atoms with Crippen molar-refractivity contribution in [2.75, 3.05) is 0 Å². The lowest BCUT2D eigenvalue weighted by atomic mass is 9.98. The number of furan rings is 1. The number of hydrogen-bond acceptors (Lipinski definition) is 3. The summed E-state index contributed by atoms with van der Waals surface area (Å²) in [4.78, 5) is 20.5. The summed E-state index contributed by atoms with van der Waals surface area (Å²) in [5.74, 6) is 1.17. The van der Waals surface area contributed by atoms with E-state index >= 15 is 0 Å². The van der Waals surface area contributed by atoms with Crippen LogP contribution in [0.2, 0.25) is 0 Å². The topological polar surface area (TPSA) is 70.9 Å². The van der Waals surface area contributed by atoms with Crippen molar-refractivity contribution in [1.29, 1.82) is 0 Å². The third-order valence-electron chi connectivity index (χ3n) is 4.27. The quantitative estimate of drug-likeness (QED) is 0.748. The van der Waals surface area contributed by atoms with Gasteiger partial charge >= 0.3 is 0 Å². The SMILES string of the molecule is CCC(C)C(NC(=O)c1occc1C)c1nc2ccccc2[nH]1. The molecule has 0 fully saturated rings. The Bertz CT molecular complexity index is 785. The van der Waals surface area contributed by atoms with Crippen LogP contribution in [-0.4, -0.2) is 15.9 Å². The Morgan fingerprint density at radius 1 is 1.35 bits per heavy atom. The van der Waals surface area contributed by atoms with Crippen molar-refractivity contribution in [3.8, 4) is 0 Å². The monoisotopic (exact) mass is 311 g/mol. The van der Waals surface area contributed by atoms with E-state index in [2.05, 4.69) is 29.1 Å². The Balaban J connectivity index is 1.91. The normalized spacial score (nSPS) is 13.9. The Morgan fingerprint density at radius 3 is 2.78 bits per heavy atom. The lowest BCUT2D eigenvalue weighted by molar-refractivity contribution is 0.0891. The van der Waals surface area contributed by atoms with Gasteiger partial charge in [0, 0.05) is 5.56 Å². The van der Waals surface area contributed by atoms with Crippen LogP contribution in [0.15, 0.2) is 41.0 Å². The molecule has 3 rings (SSSR count). The third kappa shape index (κ3) is 2.99. The van der Waals surface area contributed by atoms with Gasteiger partial charge in [0.15, 0.2) is 5.76 Å². The number of benzene rings is 1. The summed E-state index contributed by atoms with van der Waals surface area (Å²) in [6.07, 6.45) is 2.46. The maximum atomic E-state index is 12.5. The van der Waals surface area contributed by atoms with Crippen LogP contribution in [0.3, 0.4) is 0 Å². The van der Waals surface area contributed by atoms with Crippen molar-refractivity contribution in [3.05, 3.63) is 53.7 Å². The predicted molar refractivity (Wildman–Crippen MR) is 89.2 cm³/mol. The lowest BCUT2D eigenvalue weighted by Crippen LogP contribution is -2.33. The van der Waals surface area contributed by atoms with E-state index in [4.69, 9.17) is 4.42 Å². The molecule has 0 spiro atoms. The molecule has 0 saturated heterocycles. The van der Waals surface area contributed by atoms with Crippen LogP contribution in [0.1, 0.15) is 48.3 Å². The van der Waals surface area contributed by atoms with E-state index in [1.807, 2.05) is 31.2 Å². The van der Waals surface area contributed by atoms with E-state index in [1.54, 1.807) is 6.07 Å². The number of aromatic amines is 1. The number of nitrogens with one attached hydrogen (secondary N) is 2. The van der Waals surface area contributed by atoms with E-state index in [1.165, 1.54) is 6.26 Å². The molecular weight excluding hydrogens is 290 g/mol. The zero-order valence-corrected chi connectivity index (χ0v) is 13.6. The second kappa shape index (κ2) is 6.28. The minimum Gasteiger partial charge on any atom is -0.459 e.